The van der Waals surface area contributed by atoms with Crippen LogP contribution in [0.25, 0.3) is 6.08 Å². The number of aliphatic carboxylic acids is 1. The number of alkyl halides is 3. The zero-order valence-electron chi connectivity index (χ0n) is 17.2. The van der Waals surface area contributed by atoms with Crippen molar-refractivity contribution in [3.63, 3.8) is 0 Å². The van der Waals surface area contributed by atoms with Gasteiger partial charge in [0.15, 0.2) is 0 Å². The molecule has 0 atom stereocenters. The molecule has 0 bridgehead atoms. The standard InChI is InChI=1S/C23H24F3NO4/c1-22(2,13-4-14-31-19-6-3-5-17(15-19)23(24,25)26)21(30)27-18-10-7-16(8-11-18)9-12-20(28)29/h3,5-12,15H,4,13-14H2,1-2H3,(H,27,30)(H,28,29). The van der Waals surface area contributed by atoms with E-state index in [1.807, 2.05) is 0 Å². The molecule has 0 saturated carbocycles. The molecule has 0 unspecified atom stereocenters. The van der Waals surface area contributed by atoms with Gasteiger partial charge >= 0.3 is 12.1 Å². The SMILES string of the molecule is CC(C)(CCCOc1cccc(C(F)(F)F)c1)C(=O)Nc1ccc(C=CC(=O)O)cc1. The summed E-state index contributed by atoms with van der Waals surface area (Å²) >= 11 is 0. The van der Waals surface area contributed by atoms with E-state index in [1.54, 1.807) is 38.1 Å². The monoisotopic (exact) mass is 435 g/mol. The lowest BCUT2D eigenvalue weighted by atomic mass is 9.87. The minimum atomic E-state index is -4.43. The van der Waals surface area contributed by atoms with E-state index in [0.717, 1.165) is 18.2 Å². The van der Waals surface area contributed by atoms with E-state index in [-0.39, 0.29) is 18.3 Å². The summed E-state index contributed by atoms with van der Waals surface area (Å²) in [4.78, 5) is 23.1. The van der Waals surface area contributed by atoms with Gasteiger partial charge in [0, 0.05) is 17.2 Å². The third-order valence-corrected chi connectivity index (χ3v) is 4.58. The number of carboxylic acid groups (broad SMARTS) is 1. The molecule has 0 aromatic heterocycles. The van der Waals surface area contributed by atoms with Gasteiger partial charge in [0.25, 0.3) is 0 Å². The van der Waals surface area contributed by atoms with E-state index in [1.165, 1.54) is 18.2 Å². The number of benzene rings is 2. The minimum absolute atomic E-state index is 0.133. The number of nitrogens with one attached hydrogen (secondary N) is 1. The van der Waals surface area contributed by atoms with E-state index in [4.69, 9.17) is 9.84 Å². The Bertz CT molecular complexity index is 935. The molecular weight excluding hydrogens is 411 g/mol. The molecule has 166 valence electrons. The highest BCUT2D eigenvalue weighted by atomic mass is 19.4. The maximum Gasteiger partial charge on any atom is 0.416 e. The highest BCUT2D eigenvalue weighted by molar-refractivity contribution is 5.95. The van der Waals surface area contributed by atoms with Gasteiger partial charge in [-0.25, -0.2) is 4.79 Å². The number of rotatable bonds is 9. The summed E-state index contributed by atoms with van der Waals surface area (Å²) in [6.07, 6.45) is -1.00. The normalized spacial score (nSPS) is 12.0. The fourth-order valence-electron chi connectivity index (χ4n) is 2.73. The van der Waals surface area contributed by atoms with Gasteiger partial charge < -0.3 is 15.2 Å². The zero-order valence-corrected chi connectivity index (χ0v) is 17.2. The number of amides is 1. The Morgan fingerprint density at radius 3 is 2.39 bits per heavy atom. The summed E-state index contributed by atoms with van der Waals surface area (Å²) in [6.45, 7) is 3.73. The van der Waals surface area contributed by atoms with Crippen molar-refractivity contribution in [2.24, 2.45) is 5.41 Å². The first kappa shape index (κ1) is 24.0. The van der Waals surface area contributed by atoms with Crippen molar-refractivity contribution < 1.29 is 32.6 Å². The van der Waals surface area contributed by atoms with E-state index in [9.17, 15) is 22.8 Å². The molecule has 2 rings (SSSR count). The second-order valence-electron chi connectivity index (χ2n) is 7.61. The van der Waals surface area contributed by atoms with Crippen LogP contribution in [0.15, 0.2) is 54.6 Å². The fourth-order valence-corrected chi connectivity index (χ4v) is 2.73. The number of halogens is 3. The van der Waals surface area contributed by atoms with Gasteiger partial charge in [-0.15, -0.1) is 0 Å². The molecular formula is C23H24F3NO4. The Kier molecular flexibility index (Phi) is 7.85. The van der Waals surface area contributed by atoms with Crippen LogP contribution in [0.4, 0.5) is 18.9 Å². The molecule has 0 spiro atoms. The molecule has 1 amide bonds. The summed E-state index contributed by atoms with van der Waals surface area (Å²) < 4.78 is 43.6. The van der Waals surface area contributed by atoms with Crippen molar-refractivity contribution >= 4 is 23.6 Å². The average Bonchev–Trinajstić information content (AvgIpc) is 2.70. The molecule has 2 aromatic rings. The molecule has 0 radical (unpaired) electrons. The molecule has 0 aliphatic carbocycles. The summed E-state index contributed by atoms with van der Waals surface area (Å²) in [6, 6.07) is 11.4. The molecule has 2 N–H and O–H groups in total. The molecule has 0 heterocycles. The van der Waals surface area contributed by atoms with Crippen LogP contribution in [0.1, 0.15) is 37.8 Å². The van der Waals surface area contributed by atoms with Gasteiger partial charge in [0.2, 0.25) is 5.91 Å². The zero-order chi connectivity index (χ0) is 23.1. The highest BCUT2D eigenvalue weighted by Gasteiger charge is 2.30. The average molecular weight is 435 g/mol. The third kappa shape index (κ3) is 7.81. The van der Waals surface area contributed by atoms with E-state index >= 15 is 0 Å². The van der Waals surface area contributed by atoms with Crippen molar-refractivity contribution in [2.75, 3.05) is 11.9 Å². The first-order valence-corrected chi connectivity index (χ1v) is 9.60. The lowest BCUT2D eigenvalue weighted by Gasteiger charge is -2.23. The lowest BCUT2D eigenvalue weighted by molar-refractivity contribution is -0.137. The predicted octanol–water partition coefficient (Wildman–Crippen LogP) is 5.63. The van der Waals surface area contributed by atoms with Gasteiger partial charge in [-0.2, -0.15) is 13.2 Å². The van der Waals surface area contributed by atoms with Crippen LogP contribution in [-0.2, 0) is 15.8 Å². The summed E-state index contributed by atoms with van der Waals surface area (Å²) in [5.41, 5.74) is -0.231. The minimum Gasteiger partial charge on any atom is -0.494 e. The van der Waals surface area contributed by atoms with Crippen LogP contribution in [0.2, 0.25) is 0 Å². The number of anilines is 1. The summed E-state index contributed by atoms with van der Waals surface area (Å²) in [5.74, 6) is -1.12. The van der Waals surface area contributed by atoms with Crippen LogP contribution >= 0.6 is 0 Å². The van der Waals surface area contributed by atoms with Crippen LogP contribution in [-0.4, -0.2) is 23.6 Å². The molecule has 0 aliphatic heterocycles. The molecule has 0 fully saturated rings. The number of hydrogen-bond donors (Lipinski definition) is 2. The van der Waals surface area contributed by atoms with Crippen LogP contribution in [0.5, 0.6) is 5.75 Å². The number of carbonyl (C=O) groups is 2. The van der Waals surface area contributed by atoms with Gasteiger partial charge in [0.05, 0.1) is 12.2 Å². The van der Waals surface area contributed by atoms with Crippen molar-refractivity contribution in [1.29, 1.82) is 0 Å². The molecule has 5 nitrogen and oxygen atoms in total. The molecule has 2 aromatic carbocycles. The van der Waals surface area contributed by atoms with Crippen LogP contribution in [0.3, 0.4) is 0 Å². The lowest BCUT2D eigenvalue weighted by Crippen LogP contribution is -2.31. The fraction of sp³-hybridized carbons (Fsp3) is 0.304. The maximum atomic E-state index is 12.7. The van der Waals surface area contributed by atoms with Crippen molar-refractivity contribution in [2.45, 2.75) is 32.9 Å². The van der Waals surface area contributed by atoms with Gasteiger partial charge in [0.1, 0.15) is 5.75 Å². The van der Waals surface area contributed by atoms with Gasteiger partial charge in [-0.3, -0.25) is 4.79 Å². The number of carbonyl (C=O) groups excluding carboxylic acids is 1. The second-order valence-corrected chi connectivity index (χ2v) is 7.61. The molecule has 0 aliphatic rings. The largest absolute Gasteiger partial charge is 0.494 e. The smallest absolute Gasteiger partial charge is 0.416 e. The topological polar surface area (TPSA) is 75.6 Å². The van der Waals surface area contributed by atoms with Crippen molar-refractivity contribution in [1.82, 2.24) is 0 Å². The highest BCUT2D eigenvalue weighted by Crippen LogP contribution is 2.31. The van der Waals surface area contributed by atoms with E-state index < -0.39 is 23.1 Å². The first-order valence-electron chi connectivity index (χ1n) is 9.60. The van der Waals surface area contributed by atoms with Crippen LogP contribution in [0, 0.1) is 5.41 Å². The third-order valence-electron chi connectivity index (χ3n) is 4.58. The Morgan fingerprint density at radius 1 is 1.10 bits per heavy atom. The Balaban J connectivity index is 1.84. The molecule has 8 heteroatoms. The van der Waals surface area contributed by atoms with Crippen molar-refractivity contribution in [3.8, 4) is 5.75 Å². The number of hydrogen-bond acceptors (Lipinski definition) is 3. The number of ether oxygens (including phenoxy) is 1. The number of carboxylic acids is 1. The van der Waals surface area contributed by atoms with Crippen molar-refractivity contribution in [3.05, 3.63) is 65.7 Å². The van der Waals surface area contributed by atoms with Gasteiger partial charge in [-0.05, 0) is 54.8 Å². The Morgan fingerprint density at radius 2 is 1.77 bits per heavy atom. The Labute approximate surface area is 178 Å². The summed E-state index contributed by atoms with van der Waals surface area (Å²) in [5, 5.41) is 11.4. The van der Waals surface area contributed by atoms with Gasteiger partial charge in [-0.1, -0.05) is 32.0 Å². The van der Waals surface area contributed by atoms with Crippen LogP contribution < -0.4 is 10.1 Å². The summed E-state index contributed by atoms with van der Waals surface area (Å²) in [7, 11) is 0. The van der Waals surface area contributed by atoms with E-state index in [2.05, 4.69) is 5.32 Å². The van der Waals surface area contributed by atoms with E-state index in [0.29, 0.717) is 24.1 Å². The Hall–Kier alpha value is -3.29. The first-order chi connectivity index (χ1) is 14.5. The molecule has 31 heavy (non-hydrogen) atoms. The molecule has 0 saturated heterocycles. The quantitative estimate of drug-likeness (QED) is 0.396. The second kappa shape index (κ2) is 10.1. The predicted molar refractivity (Wildman–Crippen MR) is 112 cm³/mol. The maximum absolute atomic E-state index is 12.7.